The van der Waals surface area contributed by atoms with E-state index in [1.54, 1.807) is 0 Å². The molecule has 2 aromatic rings. The Morgan fingerprint density at radius 2 is 2.05 bits per heavy atom. The number of nitrogens with zero attached hydrogens (tertiary/aromatic N) is 1. The molecule has 19 heavy (non-hydrogen) atoms. The predicted molar refractivity (Wildman–Crippen MR) is 84.8 cm³/mol. The molecule has 0 spiro atoms. The first-order valence-corrected chi connectivity index (χ1v) is 7.38. The molecular formula is C15H14BrClN2. The Bertz CT molecular complexity index is 628. The standard InChI is InChI=1S/C15H14BrClN2/c16-12-2-1-11(14(17)8-12)9-19-6-5-10-7-13(18)3-4-15(10)19/h1-4,7-8H,5-6,9,18H2. The van der Waals surface area contributed by atoms with Gasteiger partial charge in [-0.1, -0.05) is 33.6 Å². The summed E-state index contributed by atoms with van der Waals surface area (Å²) in [5.41, 5.74) is 10.4. The monoisotopic (exact) mass is 336 g/mol. The van der Waals surface area contributed by atoms with Gasteiger partial charge in [0.05, 0.1) is 0 Å². The van der Waals surface area contributed by atoms with Crippen LogP contribution in [0.2, 0.25) is 5.02 Å². The maximum Gasteiger partial charge on any atom is 0.0467 e. The molecule has 0 bridgehead atoms. The van der Waals surface area contributed by atoms with Gasteiger partial charge >= 0.3 is 0 Å². The van der Waals surface area contributed by atoms with Gasteiger partial charge in [-0.05, 0) is 47.9 Å². The van der Waals surface area contributed by atoms with Crippen molar-refractivity contribution in [2.45, 2.75) is 13.0 Å². The normalized spacial score (nSPS) is 13.7. The molecule has 1 heterocycles. The van der Waals surface area contributed by atoms with E-state index in [1.165, 1.54) is 11.3 Å². The molecule has 2 N–H and O–H groups in total. The van der Waals surface area contributed by atoms with Crippen LogP contribution in [-0.2, 0) is 13.0 Å². The van der Waals surface area contributed by atoms with E-state index in [4.69, 9.17) is 17.3 Å². The van der Waals surface area contributed by atoms with Crippen LogP contribution in [0.15, 0.2) is 40.9 Å². The van der Waals surface area contributed by atoms with Crippen molar-refractivity contribution in [1.29, 1.82) is 0 Å². The Kier molecular flexibility index (Phi) is 3.42. The molecule has 2 nitrogen and oxygen atoms in total. The number of halogens is 2. The Labute approximate surface area is 126 Å². The fraction of sp³-hybridized carbons (Fsp3) is 0.200. The molecular weight excluding hydrogens is 324 g/mol. The molecule has 1 aliphatic heterocycles. The van der Waals surface area contributed by atoms with Gasteiger partial charge in [-0.2, -0.15) is 0 Å². The number of hydrogen-bond donors (Lipinski definition) is 1. The summed E-state index contributed by atoms with van der Waals surface area (Å²) in [6.45, 7) is 1.86. The highest BCUT2D eigenvalue weighted by atomic mass is 79.9. The Morgan fingerprint density at radius 1 is 1.21 bits per heavy atom. The van der Waals surface area contributed by atoms with Gasteiger partial charge < -0.3 is 10.6 Å². The van der Waals surface area contributed by atoms with Crippen LogP contribution in [0, 0.1) is 0 Å². The third-order valence-electron chi connectivity index (χ3n) is 3.47. The second kappa shape index (κ2) is 5.06. The van der Waals surface area contributed by atoms with Gasteiger partial charge in [0.15, 0.2) is 0 Å². The minimum Gasteiger partial charge on any atom is -0.399 e. The first-order chi connectivity index (χ1) is 9.13. The number of hydrogen-bond acceptors (Lipinski definition) is 2. The highest BCUT2D eigenvalue weighted by Crippen LogP contribution is 2.32. The van der Waals surface area contributed by atoms with E-state index in [-0.39, 0.29) is 0 Å². The smallest absolute Gasteiger partial charge is 0.0467 e. The molecule has 4 heteroatoms. The molecule has 0 saturated carbocycles. The molecule has 1 aliphatic rings. The maximum absolute atomic E-state index is 6.28. The fourth-order valence-corrected chi connectivity index (χ4v) is 3.24. The van der Waals surface area contributed by atoms with Crippen LogP contribution < -0.4 is 10.6 Å². The average molecular weight is 338 g/mol. The van der Waals surface area contributed by atoms with Crippen molar-refractivity contribution < 1.29 is 0 Å². The van der Waals surface area contributed by atoms with Crippen LogP contribution in [0.1, 0.15) is 11.1 Å². The lowest BCUT2D eigenvalue weighted by molar-refractivity contribution is 0.836. The van der Waals surface area contributed by atoms with Crippen LogP contribution >= 0.6 is 27.5 Å². The van der Waals surface area contributed by atoms with E-state index >= 15 is 0 Å². The van der Waals surface area contributed by atoms with Gasteiger partial charge in [0.2, 0.25) is 0 Å². The van der Waals surface area contributed by atoms with Crippen molar-refractivity contribution in [2.75, 3.05) is 17.2 Å². The highest BCUT2D eigenvalue weighted by Gasteiger charge is 2.19. The number of nitrogens with two attached hydrogens (primary N) is 1. The SMILES string of the molecule is Nc1ccc2c(c1)CCN2Cc1ccc(Br)cc1Cl. The number of nitrogen functional groups attached to an aromatic ring is 1. The molecule has 0 saturated heterocycles. The summed E-state index contributed by atoms with van der Waals surface area (Å²) in [7, 11) is 0. The Balaban J connectivity index is 1.86. The fourth-order valence-electron chi connectivity index (χ4n) is 2.51. The third kappa shape index (κ3) is 2.58. The first-order valence-electron chi connectivity index (χ1n) is 6.21. The molecule has 0 radical (unpaired) electrons. The van der Waals surface area contributed by atoms with Gasteiger partial charge in [0.1, 0.15) is 0 Å². The molecule has 0 amide bonds. The summed E-state index contributed by atoms with van der Waals surface area (Å²) < 4.78 is 1.01. The lowest BCUT2D eigenvalue weighted by Crippen LogP contribution is -2.19. The molecule has 0 fully saturated rings. The number of fused-ring (bicyclic) bond motifs is 1. The molecule has 2 aromatic carbocycles. The molecule has 0 aromatic heterocycles. The van der Waals surface area contributed by atoms with E-state index in [9.17, 15) is 0 Å². The van der Waals surface area contributed by atoms with E-state index in [2.05, 4.69) is 39.0 Å². The second-order valence-electron chi connectivity index (χ2n) is 4.80. The van der Waals surface area contributed by atoms with Crippen LogP contribution in [0.25, 0.3) is 0 Å². The Hall–Kier alpha value is -1.19. The van der Waals surface area contributed by atoms with E-state index < -0.39 is 0 Å². The van der Waals surface area contributed by atoms with Crippen molar-refractivity contribution in [2.24, 2.45) is 0 Å². The lowest BCUT2D eigenvalue weighted by atomic mass is 10.1. The topological polar surface area (TPSA) is 29.3 Å². The van der Waals surface area contributed by atoms with Crippen LogP contribution in [0.5, 0.6) is 0 Å². The Morgan fingerprint density at radius 3 is 2.84 bits per heavy atom. The van der Waals surface area contributed by atoms with E-state index in [1.807, 2.05) is 18.2 Å². The first kappa shape index (κ1) is 12.8. The summed E-state index contributed by atoms with van der Waals surface area (Å²) in [5, 5.41) is 0.804. The predicted octanol–water partition coefficient (Wildman–Crippen LogP) is 4.25. The van der Waals surface area contributed by atoms with Crippen molar-refractivity contribution in [3.05, 3.63) is 57.0 Å². The second-order valence-corrected chi connectivity index (χ2v) is 6.12. The lowest BCUT2D eigenvalue weighted by Gasteiger charge is -2.20. The van der Waals surface area contributed by atoms with Crippen molar-refractivity contribution in [3.63, 3.8) is 0 Å². The number of anilines is 2. The summed E-state index contributed by atoms with van der Waals surface area (Å²) in [4.78, 5) is 2.35. The van der Waals surface area contributed by atoms with Gasteiger partial charge in [-0.15, -0.1) is 0 Å². The van der Waals surface area contributed by atoms with Crippen molar-refractivity contribution >= 4 is 38.9 Å². The minimum absolute atomic E-state index is 0.804. The molecule has 98 valence electrons. The molecule has 3 rings (SSSR count). The maximum atomic E-state index is 6.28. The van der Waals surface area contributed by atoms with E-state index in [0.717, 1.165) is 40.3 Å². The van der Waals surface area contributed by atoms with Crippen molar-refractivity contribution in [1.82, 2.24) is 0 Å². The highest BCUT2D eigenvalue weighted by molar-refractivity contribution is 9.10. The molecule has 0 atom stereocenters. The zero-order chi connectivity index (χ0) is 13.4. The molecule has 0 aliphatic carbocycles. The van der Waals surface area contributed by atoms with Gasteiger partial charge in [-0.3, -0.25) is 0 Å². The van der Waals surface area contributed by atoms with Gasteiger partial charge in [-0.25, -0.2) is 0 Å². The van der Waals surface area contributed by atoms with Crippen molar-refractivity contribution in [3.8, 4) is 0 Å². The molecule has 0 unspecified atom stereocenters. The zero-order valence-electron chi connectivity index (χ0n) is 10.4. The minimum atomic E-state index is 0.804. The van der Waals surface area contributed by atoms with E-state index in [0.29, 0.717) is 0 Å². The summed E-state index contributed by atoms with van der Waals surface area (Å²) in [5.74, 6) is 0. The van der Waals surface area contributed by atoms with Crippen LogP contribution in [0.3, 0.4) is 0 Å². The quantitative estimate of drug-likeness (QED) is 0.830. The third-order valence-corrected chi connectivity index (χ3v) is 4.32. The van der Waals surface area contributed by atoms with Gasteiger partial charge in [0, 0.05) is 34.0 Å². The van der Waals surface area contributed by atoms with Crippen LogP contribution in [0.4, 0.5) is 11.4 Å². The largest absolute Gasteiger partial charge is 0.399 e. The number of benzene rings is 2. The average Bonchev–Trinajstić information content (AvgIpc) is 2.75. The zero-order valence-corrected chi connectivity index (χ0v) is 12.7. The summed E-state index contributed by atoms with van der Waals surface area (Å²) in [6.07, 6.45) is 1.05. The summed E-state index contributed by atoms with van der Waals surface area (Å²) in [6, 6.07) is 12.2. The number of rotatable bonds is 2. The van der Waals surface area contributed by atoms with Crippen LogP contribution in [-0.4, -0.2) is 6.54 Å². The van der Waals surface area contributed by atoms with Gasteiger partial charge in [0.25, 0.3) is 0 Å². The summed E-state index contributed by atoms with van der Waals surface area (Å²) >= 11 is 9.71.